The van der Waals surface area contributed by atoms with Crippen molar-refractivity contribution in [2.24, 2.45) is 0 Å². The van der Waals surface area contributed by atoms with Gasteiger partial charge in [-0.3, -0.25) is 14.9 Å². The molecule has 0 radical (unpaired) electrons. The first-order valence-corrected chi connectivity index (χ1v) is 11.5. The Hall–Kier alpha value is -2.45. The van der Waals surface area contributed by atoms with Crippen LogP contribution in [0.25, 0.3) is 0 Å². The number of nitrogens with one attached hydrogen (secondary N) is 3. The van der Waals surface area contributed by atoms with Gasteiger partial charge in [-0.1, -0.05) is 26.3 Å². The van der Waals surface area contributed by atoms with Gasteiger partial charge in [0.25, 0.3) is 11.8 Å². The van der Waals surface area contributed by atoms with Gasteiger partial charge in [-0.05, 0) is 84.3 Å². The standard InChI is InChI=1S/C23H28BrN3O3S/c1-4-6-12-30-20-11-10-17(14-19(20)24)22(29)27-23(31)26-18-9-7-8-16(13-18)21(28)25-15(3)5-2/h7-11,13-15H,4-6,12H2,1-3H3,(H,25,28)(H2,26,27,29,31). The summed E-state index contributed by atoms with van der Waals surface area (Å²) in [5, 5.41) is 8.67. The van der Waals surface area contributed by atoms with Gasteiger partial charge in [-0.15, -0.1) is 0 Å². The van der Waals surface area contributed by atoms with Crippen LogP contribution in [-0.4, -0.2) is 29.6 Å². The van der Waals surface area contributed by atoms with Crippen molar-refractivity contribution in [3.63, 3.8) is 0 Å². The number of carbonyl (C=O) groups excluding carboxylic acids is 2. The quantitative estimate of drug-likeness (QED) is 0.319. The van der Waals surface area contributed by atoms with Crippen molar-refractivity contribution < 1.29 is 14.3 Å². The number of hydrogen-bond donors (Lipinski definition) is 3. The maximum absolute atomic E-state index is 12.5. The minimum Gasteiger partial charge on any atom is -0.492 e. The highest BCUT2D eigenvalue weighted by Gasteiger charge is 2.13. The minimum absolute atomic E-state index is 0.0900. The van der Waals surface area contributed by atoms with Crippen LogP contribution < -0.4 is 20.7 Å². The Morgan fingerprint density at radius 1 is 1.10 bits per heavy atom. The molecule has 0 spiro atoms. The second-order valence-corrected chi connectivity index (χ2v) is 8.38. The number of unbranched alkanes of at least 4 members (excludes halogenated alkanes) is 1. The molecule has 0 aliphatic carbocycles. The van der Waals surface area contributed by atoms with Gasteiger partial charge in [0, 0.05) is 22.9 Å². The van der Waals surface area contributed by atoms with Crippen LogP contribution in [0.3, 0.4) is 0 Å². The first kappa shape index (κ1) is 24.8. The van der Waals surface area contributed by atoms with E-state index in [9.17, 15) is 9.59 Å². The summed E-state index contributed by atoms with van der Waals surface area (Å²) < 4.78 is 6.39. The van der Waals surface area contributed by atoms with E-state index in [0.29, 0.717) is 33.6 Å². The van der Waals surface area contributed by atoms with Gasteiger partial charge in [0.15, 0.2) is 5.11 Å². The molecule has 3 N–H and O–H groups in total. The number of benzene rings is 2. The maximum Gasteiger partial charge on any atom is 0.257 e. The monoisotopic (exact) mass is 505 g/mol. The molecule has 2 aromatic rings. The molecule has 2 aromatic carbocycles. The predicted molar refractivity (Wildman–Crippen MR) is 132 cm³/mol. The molecule has 166 valence electrons. The van der Waals surface area contributed by atoms with Crippen molar-refractivity contribution in [1.82, 2.24) is 10.6 Å². The number of thiocarbonyl (C=S) groups is 1. The van der Waals surface area contributed by atoms with Crippen LogP contribution in [0.15, 0.2) is 46.9 Å². The van der Waals surface area contributed by atoms with Gasteiger partial charge < -0.3 is 15.4 Å². The van der Waals surface area contributed by atoms with Crippen LogP contribution >= 0.6 is 28.1 Å². The van der Waals surface area contributed by atoms with Crippen molar-refractivity contribution in [2.75, 3.05) is 11.9 Å². The Balaban J connectivity index is 1.96. The van der Waals surface area contributed by atoms with Crippen LogP contribution in [0, 0.1) is 0 Å². The van der Waals surface area contributed by atoms with Gasteiger partial charge >= 0.3 is 0 Å². The number of amides is 2. The summed E-state index contributed by atoms with van der Waals surface area (Å²) in [5.74, 6) is 0.196. The molecule has 1 atom stereocenters. The van der Waals surface area contributed by atoms with E-state index in [1.807, 2.05) is 13.8 Å². The largest absolute Gasteiger partial charge is 0.492 e. The third-order valence-corrected chi connectivity index (χ3v) is 5.37. The fourth-order valence-corrected chi connectivity index (χ4v) is 3.27. The van der Waals surface area contributed by atoms with E-state index in [-0.39, 0.29) is 23.0 Å². The molecule has 2 amide bonds. The molecule has 0 bridgehead atoms. The van der Waals surface area contributed by atoms with Crippen LogP contribution in [-0.2, 0) is 0 Å². The molecule has 0 saturated heterocycles. The molecule has 0 fully saturated rings. The highest BCUT2D eigenvalue weighted by molar-refractivity contribution is 9.10. The van der Waals surface area contributed by atoms with E-state index in [1.54, 1.807) is 42.5 Å². The van der Waals surface area contributed by atoms with Crippen molar-refractivity contribution in [1.29, 1.82) is 0 Å². The van der Waals surface area contributed by atoms with Gasteiger partial charge in [0.2, 0.25) is 0 Å². The highest BCUT2D eigenvalue weighted by Crippen LogP contribution is 2.26. The number of halogens is 1. The SMILES string of the molecule is CCCCOc1ccc(C(=O)NC(=S)Nc2cccc(C(=O)NC(C)CC)c2)cc1Br. The molecule has 6 nitrogen and oxygen atoms in total. The summed E-state index contributed by atoms with van der Waals surface area (Å²) >= 11 is 8.70. The zero-order valence-corrected chi connectivity index (χ0v) is 20.4. The lowest BCUT2D eigenvalue weighted by atomic mass is 10.1. The number of hydrogen-bond acceptors (Lipinski definition) is 4. The second-order valence-electron chi connectivity index (χ2n) is 7.12. The molecule has 0 saturated carbocycles. The summed E-state index contributed by atoms with van der Waals surface area (Å²) in [4.78, 5) is 24.8. The van der Waals surface area contributed by atoms with E-state index in [0.717, 1.165) is 19.3 Å². The zero-order valence-electron chi connectivity index (χ0n) is 18.0. The van der Waals surface area contributed by atoms with Crippen molar-refractivity contribution in [2.45, 2.75) is 46.1 Å². The van der Waals surface area contributed by atoms with Crippen molar-refractivity contribution in [3.05, 3.63) is 58.1 Å². The molecule has 8 heteroatoms. The Morgan fingerprint density at radius 3 is 2.52 bits per heavy atom. The van der Waals surface area contributed by atoms with Crippen LogP contribution in [0.5, 0.6) is 5.75 Å². The fourth-order valence-electron chi connectivity index (χ4n) is 2.57. The van der Waals surface area contributed by atoms with E-state index < -0.39 is 0 Å². The van der Waals surface area contributed by atoms with E-state index >= 15 is 0 Å². The van der Waals surface area contributed by atoms with Crippen LogP contribution in [0.1, 0.15) is 60.7 Å². The van der Waals surface area contributed by atoms with Crippen molar-refractivity contribution in [3.8, 4) is 5.75 Å². The minimum atomic E-state index is -0.344. The van der Waals surface area contributed by atoms with Gasteiger partial charge in [-0.2, -0.15) is 0 Å². The summed E-state index contributed by atoms with van der Waals surface area (Å²) in [7, 11) is 0. The third-order valence-electron chi connectivity index (χ3n) is 4.55. The Morgan fingerprint density at radius 2 is 1.84 bits per heavy atom. The van der Waals surface area contributed by atoms with Crippen LogP contribution in [0.4, 0.5) is 5.69 Å². The van der Waals surface area contributed by atoms with Crippen LogP contribution in [0.2, 0.25) is 0 Å². The molecule has 2 rings (SSSR count). The van der Waals surface area contributed by atoms with Gasteiger partial charge in [0.05, 0.1) is 11.1 Å². The lowest BCUT2D eigenvalue weighted by Gasteiger charge is -2.13. The Kier molecular flexibility index (Phi) is 9.94. The third kappa shape index (κ3) is 7.95. The highest BCUT2D eigenvalue weighted by atomic mass is 79.9. The van der Waals surface area contributed by atoms with Gasteiger partial charge in [0.1, 0.15) is 5.75 Å². The zero-order chi connectivity index (χ0) is 22.8. The first-order valence-electron chi connectivity index (χ1n) is 10.3. The van der Waals surface area contributed by atoms with E-state index in [1.165, 1.54) is 0 Å². The number of carbonyl (C=O) groups is 2. The van der Waals surface area contributed by atoms with Gasteiger partial charge in [-0.25, -0.2) is 0 Å². The molecule has 31 heavy (non-hydrogen) atoms. The van der Waals surface area contributed by atoms with E-state index in [4.69, 9.17) is 17.0 Å². The maximum atomic E-state index is 12.5. The average Bonchev–Trinajstić information content (AvgIpc) is 2.74. The summed E-state index contributed by atoms with van der Waals surface area (Å²) in [6, 6.07) is 12.2. The normalized spacial score (nSPS) is 11.4. The fraction of sp³-hybridized carbons (Fsp3) is 0.348. The molecule has 1 unspecified atom stereocenters. The molecular formula is C23H28BrN3O3S. The lowest BCUT2D eigenvalue weighted by Crippen LogP contribution is -2.34. The number of rotatable bonds is 9. The molecule has 0 aromatic heterocycles. The second kappa shape index (κ2) is 12.4. The number of anilines is 1. The first-order chi connectivity index (χ1) is 14.8. The molecule has 0 aliphatic rings. The smallest absolute Gasteiger partial charge is 0.257 e. The Labute approximate surface area is 197 Å². The Bertz CT molecular complexity index is 936. The summed E-state index contributed by atoms with van der Waals surface area (Å²) in [6.07, 6.45) is 2.87. The topological polar surface area (TPSA) is 79.5 Å². The summed E-state index contributed by atoms with van der Waals surface area (Å²) in [6.45, 7) is 6.69. The van der Waals surface area contributed by atoms with E-state index in [2.05, 4.69) is 38.8 Å². The number of ether oxygens (including phenoxy) is 1. The summed E-state index contributed by atoms with van der Waals surface area (Å²) in [5.41, 5.74) is 1.57. The lowest BCUT2D eigenvalue weighted by molar-refractivity contribution is 0.0937. The average molecular weight is 506 g/mol. The molecule has 0 aliphatic heterocycles. The molecule has 0 heterocycles. The predicted octanol–water partition coefficient (Wildman–Crippen LogP) is 5.28. The molecular weight excluding hydrogens is 478 g/mol. The van der Waals surface area contributed by atoms with Crippen molar-refractivity contribution >= 4 is 50.8 Å².